The van der Waals surface area contributed by atoms with Crippen molar-refractivity contribution in [1.82, 2.24) is 14.6 Å². The van der Waals surface area contributed by atoms with Gasteiger partial charge in [-0.05, 0) is 71.9 Å². The van der Waals surface area contributed by atoms with Crippen LogP contribution in [0.25, 0.3) is 33.3 Å². The van der Waals surface area contributed by atoms with E-state index in [4.69, 9.17) is 0 Å². The van der Waals surface area contributed by atoms with Crippen LogP contribution in [-0.2, 0) is 0 Å². The molecule has 0 bridgehead atoms. The SMILES string of the molecule is C1=C(c2cccc(Sc3ccc4c(-c5ccccc5)cc5nncn5c4c3)c2)CCC1. The maximum Gasteiger partial charge on any atom is 0.161 e. The number of pyridine rings is 1. The zero-order valence-electron chi connectivity index (χ0n) is 17.0. The summed E-state index contributed by atoms with van der Waals surface area (Å²) in [7, 11) is 0. The topological polar surface area (TPSA) is 30.2 Å². The van der Waals surface area contributed by atoms with E-state index in [1.165, 1.54) is 56.7 Å². The van der Waals surface area contributed by atoms with Gasteiger partial charge in [0.15, 0.2) is 5.65 Å². The molecule has 1 aliphatic carbocycles. The Morgan fingerprint density at radius 1 is 0.806 bits per heavy atom. The zero-order valence-corrected chi connectivity index (χ0v) is 17.8. The third-order valence-corrected chi connectivity index (χ3v) is 6.91. The lowest BCUT2D eigenvalue weighted by Crippen LogP contribution is -1.91. The van der Waals surface area contributed by atoms with Crippen molar-refractivity contribution in [2.24, 2.45) is 0 Å². The summed E-state index contributed by atoms with van der Waals surface area (Å²) in [5.74, 6) is 0. The molecule has 3 aromatic carbocycles. The monoisotopic (exact) mass is 419 g/mol. The summed E-state index contributed by atoms with van der Waals surface area (Å²) in [6, 6.07) is 28.2. The molecule has 2 aromatic heterocycles. The maximum atomic E-state index is 4.32. The minimum atomic E-state index is 0.865. The summed E-state index contributed by atoms with van der Waals surface area (Å²) >= 11 is 1.81. The number of hydrogen-bond acceptors (Lipinski definition) is 3. The van der Waals surface area contributed by atoms with Gasteiger partial charge in [0.25, 0.3) is 0 Å². The first-order valence-corrected chi connectivity index (χ1v) is 11.5. The van der Waals surface area contributed by atoms with Crippen molar-refractivity contribution in [2.45, 2.75) is 29.1 Å². The number of nitrogens with zero attached hydrogens (tertiary/aromatic N) is 3. The maximum absolute atomic E-state index is 4.32. The van der Waals surface area contributed by atoms with Gasteiger partial charge in [-0.3, -0.25) is 4.40 Å². The van der Waals surface area contributed by atoms with Crippen LogP contribution in [0.1, 0.15) is 24.8 Å². The highest BCUT2D eigenvalue weighted by Crippen LogP contribution is 2.36. The predicted molar refractivity (Wildman–Crippen MR) is 128 cm³/mol. The molecule has 4 heteroatoms. The van der Waals surface area contributed by atoms with E-state index in [0.29, 0.717) is 0 Å². The van der Waals surface area contributed by atoms with Crippen LogP contribution in [0.2, 0.25) is 0 Å². The Bertz CT molecular complexity index is 1430. The van der Waals surface area contributed by atoms with Crippen LogP contribution in [-0.4, -0.2) is 14.6 Å². The Labute approximate surface area is 185 Å². The van der Waals surface area contributed by atoms with Crippen molar-refractivity contribution >= 4 is 33.9 Å². The molecule has 0 amide bonds. The number of benzene rings is 3. The van der Waals surface area contributed by atoms with Crippen LogP contribution in [0, 0.1) is 0 Å². The van der Waals surface area contributed by atoms with E-state index < -0.39 is 0 Å². The first-order chi connectivity index (χ1) is 15.3. The molecule has 2 heterocycles. The number of aromatic nitrogens is 3. The number of rotatable bonds is 4. The molecule has 0 saturated heterocycles. The number of fused-ring (bicyclic) bond motifs is 3. The summed E-state index contributed by atoms with van der Waals surface area (Å²) in [5, 5.41) is 9.68. The normalized spacial score (nSPS) is 13.7. The highest BCUT2D eigenvalue weighted by atomic mass is 32.2. The summed E-state index contributed by atoms with van der Waals surface area (Å²) in [4.78, 5) is 2.48. The second-order valence-corrected chi connectivity index (χ2v) is 9.06. The molecule has 3 nitrogen and oxygen atoms in total. The van der Waals surface area contributed by atoms with Crippen molar-refractivity contribution in [3.63, 3.8) is 0 Å². The molecular weight excluding hydrogens is 398 g/mol. The molecule has 0 N–H and O–H groups in total. The van der Waals surface area contributed by atoms with Gasteiger partial charge in [0.2, 0.25) is 0 Å². The lowest BCUT2D eigenvalue weighted by Gasteiger charge is -2.11. The third-order valence-electron chi connectivity index (χ3n) is 5.93. The second kappa shape index (κ2) is 7.71. The Kier molecular flexibility index (Phi) is 4.58. The minimum absolute atomic E-state index is 0.865. The Balaban J connectivity index is 1.44. The molecular formula is C27H21N3S. The third kappa shape index (κ3) is 3.43. The average Bonchev–Trinajstić information content (AvgIpc) is 3.52. The van der Waals surface area contributed by atoms with Crippen molar-refractivity contribution in [1.29, 1.82) is 0 Å². The van der Waals surface area contributed by atoms with Gasteiger partial charge in [-0.1, -0.05) is 66.4 Å². The minimum Gasteiger partial charge on any atom is -0.281 e. The lowest BCUT2D eigenvalue weighted by molar-refractivity contribution is 0.935. The van der Waals surface area contributed by atoms with E-state index in [9.17, 15) is 0 Å². The molecule has 31 heavy (non-hydrogen) atoms. The van der Waals surface area contributed by atoms with Crippen LogP contribution >= 0.6 is 11.8 Å². The van der Waals surface area contributed by atoms with Crippen molar-refractivity contribution in [3.05, 3.63) is 96.8 Å². The summed E-state index contributed by atoms with van der Waals surface area (Å²) in [6.07, 6.45) is 7.85. The first-order valence-electron chi connectivity index (χ1n) is 10.6. The lowest BCUT2D eigenvalue weighted by atomic mass is 10.0. The van der Waals surface area contributed by atoms with Crippen LogP contribution < -0.4 is 0 Å². The predicted octanol–water partition coefficient (Wildman–Crippen LogP) is 7.27. The van der Waals surface area contributed by atoms with Gasteiger partial charge in [-0.2, -0.15) is 0 Å². The number of hydrogen-bond donors (Lipinski definition) is 0. The van der Waals surface area contributed by atoms with Gasteiger partial charge in [-0.25, -0.2) is 0 Å². The van der Waals surface area contributed by atoms with Crippen LogP contribution in [0.3, 0.4) is 0 Å². The fraction of sp³-hybridized carbons (Fsp3) is 0.111. The van der Waals surface area contributed by atoms with Crippen LogP contribution in [0.4, 0.5) is 0 Å². The van der Waals surface area contributed by atoms with Crippen molar-refractivity contribution in [2.75, 3.05) is 0 Å². The van der Waals surface area contributed by atoms with Gasteiger partial charge < -0.3 is 0 Å². The molecule has 0 aliphatic heterocycles. The van der Waals surface area contributed by atoms with Gasteiger partial charge in [0.1, 0.15) is 6.33 Å². The fourth-order valence-corrected chi connectivity index (χ4v) is 5.33. The standard InChI is InChI=1S/C27H21N3S/c1-2-9-20(10-3-1)25-17-27-29-28-18-30(27)26-16-23(13-14-24(25)26)31-22-12-6-11-21(15-22)19-7-4-5-8-19/h1-3,6-7,9-18H,4-5,8H2. The molecule has 0 spiro atoms. The molecule has 5 aromatic rings. The smallest absolute Gasteiger partial charge is 0.161 e. The van der Waals surface area contributed by atoms with Crippen LogP contribution in [0.15, 0.2) is 101 Å². The quantitative estimate of drug-likeness (QED) is 0.307. The summed E-state index contributed by atoms with van der Waals surface area (Å²) < 4.78 is 2.07. The van der Waals surface area contributed by atoms with Crippen molar-refractivity contribution < 1.29 is 0 Å². The first kappa shape index (κ1) is 18.4. The average molecular weight is 420 g/mol. The van der Waals surface area contributed by atoms with Gasteiger partial charge in [-0.15, -0.1) is 10.2 Å². The van der Waals surface area contributed by atoms with Gasteiger partial charge >= 0.3 is 0 Å². The van der Waals surface area contributed by atoms with E-state index in [2.05, 4.69) is 93.5 Å². The molecule has 1 aliphatic rings. The summed E-state index contributed by atoms with van der Waals surface area (Å²) in [5.41, 5.74) is 7.21. The van der Waals surface area contributed by atoms with Gasteiger partial charge in [0.05, 0.1) is 5.52 Å². The van der Waals surface area contributed by atoms with E-state index in [0.717, 1.165) is 11.2 Å². The Morgan fingerprint density at radius 3 is 2.55 bits per heavy atom. The van der Waals surface area contributed by atoms with E-state index in [-0.39, 0.29) is 0 Å². The molecule has 0 saturated carbocycles. The fourth-order valence-electron chi connectivity index (χ4n) is 4.42. The zero-order chi connectivity index (χ0) is 20.6. The summed E-state index contributed by atoms with van der Waals surface area (Å²) in [6.45, 7) is 0. The number of allylic oxidation sites excluding steroid dienone is 2. The van der Waals surface area contributed by atoms with Crippen LogP contribution in [0.5, 0.6) is 0 Å². The second-order valence-electron chi connectivity index (χ2n) is 7.91. The molecule has 0 fully saturated rings. The highest BCUT2D eigenvalue weighted by Gasteiger charge is 2.12. The Morgan fingerprint density at radius 2 is 1.68 bits per heavy atom. The van der Waals surface area contributed by atoms with E-state index in [1.807, 2.05) is 6.07 Å². The molecule has 0 radical (unpaired) electrons. The molecule has 150 valence electrons. The molecule has 0 unspecified atom stereocenters. The largest absolute Gasteiger partial charge is 0.281 e. The molecule has 6 rings (SSSR count). The Hall–Kier alpha value is -3.37. The van der Waals surface area contributed by atoms with Crippen molar-refractivity contribution in [3.8, 4) is 11.1 Å². The highest BCUT2D eigenvalue weighted by molar-refractivity contribution is 7.99. The van der Waals surface area contributed by atoms with E-state index >= 15 is 0 Å². The van der Waals surface area contributed by atoms with Gasteiger partial charge in [0, 0.05) is 15.2 Å². The molecule has 0 atom stereocenters. The van der Waals surface area contributed by atoms with E-state index in [1.54, 1.807) is 18.1 Å².